The van der Waals surface area contributed by atoms with Crippen molar-refractivity contribution in [2.24, 2.45) is 0 Å². The van der Waals surface area contributed by atoms with Gasteiger partial charge >= 0.3 is 0 Å². The first kappa shape index (κ1) is 10.7. The van der Waals surface area contributed by atoms with E-state index in [1.807, 2.05) is 30.3 Å². The van der Waals surface area contributed by atoms with Crippen LogP contribution in [0.2, 0.25) is 5.15 Å². The van der Waals surface area contributed by atoms with Gasteiger partial charge in [-0.2, -0.15) is 5.10 Å². The summed E-state index contributed by atoms with van der Waals surface area (Å²) in [5.41, 5.74) is 1.19. The Hall–Kier alpha value is -1.81. The van der Waals surface area contributed by atoms with Gasteiger partial charge in [0.25, 0.3) is 5.91 Å². The fraction of sp³-hybridized carbons (Fsp3) is 0.0909. The molecule has 5 heteroatoms. The SMILES string of the molecule is CNC(=O)c1cnn(-c2ccccc2)c1Cl. The van der Waals surface area contributed by atoms with Gasteiger partial charge in [-0.1, -0.05) is 29.8 Å². The van der Waals surface area contributed by atoms with E-state index in [9.17, 15) is 4.79 Å². The second kappa shape index (κ2) is 4.37. The van der Waals surface area contributed by atoms with E-state index in [1.54, 1.807) is 7.05 Å². The van der Waals surface area contributed by atoms with Gasteiger partial charge in [-0.3, -0.25) is 4.79 Å². The predicted molar refractivity (Wildman–Crippen MR) is 62.0 cm³/mol. The number of rotatable bonds is 2. The van der Waals surface area contributed by atoms with Crippen molar-refractivity contribution in [2.45, 2.75) is 0 Å². The quantitative estimate of drug-likeness (QED) is 0.864. The van der Waals surface area contributed by atoms with Gasteiger partial charge in [0, 0.05) is 7.05 Å². The molecule has 0 aliphatic heterocycles. The Morgan fingerprint density at radius 2 is 2.06 bits per heavy atom. The van der Waals surface area contributed by atoms with Crippen LogP contribution in [0.4, 0.5) is 0 Å². The van der Waals surface area contributed by atoms with E-state index in [-0.39, 0.29) is 5.91 Å². The lowest BCUT2D eigenvalue weighted by Crippen LogP contribution is -2.17. The normalized spacial score (nSPS) is 10.1. The molecule has 0 fully saturated rings. The lowest BCUT2D eigenvalue weighted by molar-refractivity contribution is 0.0963. The topological polar surface area (TPSA) is 46.9 Å². The molecule has 0 atom stereocenters. The highest BCUT2D eigenvalue weighted by atomic mass is 35.5. The Bertz CT molecular complexity index is 507. The van der Waals surface area contributed by atoms with Crippen molar-refractivity contribution in [1.82, 2.24) is 15.1 Å². The van der Waals surface area contributed by atoms with Crippen LogP contribution in [-0.4, -0.2) is 22.7 Å². The highest BCUT2D eigenvalue weighted by molar-refractivity contribution is 6.33. The summed E-state index contributed by atoms with van der Waals surface area (Å²) in [6, 6.07) is 9.40. The second-order valence-electron chi connectivity index (χ2n) is 3.18. The third kappa shape index (κ3) is 1.79. The molecular formula is C11H10ClN3O. The zero-order valence-electron chi connectivity index (χ0n) is 8.64. The zero-order valence-corrected chi connectivity index (χ0v) is 9.40. The average Bonchev–Trinajstić information content (AvgIpc) is 2.71. The number of hydrogen-bond donors (Lipinski definition) is 1. The fourth-order valence-corrected chi connectivity index (χ4v) is 1.65. The maximum atomic E-state index is 11.4. The summed E-state index contributed by atoms with van der Waals surface area (Å²) in [5, 5.41) is 6.90. The van der Waals surface area contributed by atoms with Crippen molar-refractivity contribution in [2.75, 3.05) is 7.05 Å². The standard InChI is InChI=1S/C11H10ClN3O/c1-13-11(16)9-7-14-15(10(9)12)8-5-3-2-4-6-8/h2-7H,1H3,(H,13,16). The number of amides is 1. The van der Waals surface area contributed by atoms with E-state index in [2.05, 4.69) is 10.4 Å². The lowest BCUT2D eigenvalue weighted by Gasteiger charge is -2.02. The Morgan fingerprint density at radius 1 is 1.38 bits per heavy atom. The van der Waals surface area contributed by atoms with E-state index < -0.39 is 0 Å². The Labute approximate surface area is 97.8 Å². The molecule has 16 heavy (non-hydrogen) atoms. The maximum absolute atomic E-state index is 11.4. The van der Waals surface area contributed by atoms with Crippen LogP contribution in [0.15, 0.2) is 36.5 Å². The van der Waals surface area contributed by atoms with Crippen LogP contribution in [0, 0.1) is 0 Å². The second-order valence-corrected chi connectivity index (χ2v) is 3.53. The molecule has 1 heterocycles. The summed E-state index contributed by atoms with van der Waals surface area (Å²) in [4.78, 5) is 11.4. The van der Waals surface area contributed by atoms with Crippen molar-refractivity contribution >= 4 is 17.5 Å². The van der Waals surface area contributed by atoms with Crippen LogP contribution in [0.5, 0.6) is 0 Å². The molecule has 0 aliphatic rings. The minimum Gasteiger partial charge on any atom is -0.355 e. The Morgan fingerprint density at radius 3 is 2.69 bits per heavy atom. The minimum atomic E-state index is -0.243. The van der Waals surface area contributed by atoms with Gasteiger partial charge in [-0.05, 0) is 12.1 Å². The van der Waals surface area contributed by atoms with Crippen molar-refractivity contribution in [1.29, 1.82) is 0 Å². The van der Waals surface area contributed by atoms with Crippen LogP contribution in [0.25, 0.3) is 5.69 Å². The number of nitrogens with one attached hydrogen (secondary N) is 1. The smallest absolute Gasteiger partial charge is 0.255 e. The first-order valence-electron chi connectivity index (χ1n) is 4.75. The third-order valence-electron chi connectivity index (χ3n) is 2.18. The molecule has 0 saturated heterocycles. The molecule has 1 aromatic carbocycles. The summed E-state index contributed by atoms with van der Waals surface area (Å²) >= 11 is 6.07. The fourth-order valence-electron chi connectivity index (χ4n) is 1.37. The number of para-hydroxylation sites is 1. The highest BCUT2D eigenvalue weighted by Crippen LogP contribution is 2.19. The first-order chi connectivity index (χ1) is 7.74. The predicted octanol–water partition coefficient (Wildman–Crippen LogP) is 1.89. The molecule has 0 spiro atoms. The van der Waals surface area contributed by atoms with Crippen molar-refractivity contribution < 1.29 is 4.79 Å². The molecule has 0 aliphatic carbocycles. The van der Waals surface area contributed by atoms with E-state index in [0.717, 1.165) is 5.69 Å². The van der Waals surface area contributed by atoms with Crippen molar-refractivity contribution in [3.8, 4) is 5.69 Å². The van der Waals surface area contributed by atoms with E-state index in [4.69, 9.17) is 11.6 Å². The van der Waals surface area contributed by atoms with E-state index >= 15 is 0 Å². The molecule has 4 nitrogen and oxygen atoms in total. The number of carbonyl (C=O) groups is 1. The molecule has 82 valence electrons. The number of benzene rings is 1. The maximum Gasteiger partial charge on any atom is 0.255 e. The van der Waals surface area contributed by atoms with Gasteiger partial charge in [0.05, 0.1) is 17.4 Å². The van der Waals surface area contributed by atoms with Gasteiger partial charge in [-0.15, -0.1) is 0 Å². The zero-order chi connectivity index (χ0) is 11.5. The number of aromatic nitrogens is 2. The highest BCUT2D eigenvalue weighted by Gasteiger charge is 2.15. The van der Waals surface area contributed by atoms with E-state index in [1.165, 1.54) is 10.9 Å². The molecule has 1 amide bonds. The van der Waals surface area contributed by atoms with Crippen LogP contribution in [0.3, 0.4) is 0 Å². The van der Waals surface area contributed by atoms with Crippen molar-refractivity contribution in [3.63, 3.8) is 0 Å². The largest absolute Gasteiger partial charge is 0.355 e. The van der Waals surface area contributed by atoms with Gasteiger partial charge in [0.15, 0.2) is 0 Å². The molecule has 1 aromatic heterocycles. The van der Waals surface area contributed by atoms with Gasteiger partial charge < -0.3 is 5.32 Å². The van der Waals surface area contributed by atoms with Crippen LogP contribution in [-0.2, 0) is 0 Å². The van der Waals surface area contributed by atoms with Crippen LogP contribution >= 0.6 is 11.6 Å². The summed E-state index contributed by atoms with van der Waals surface area (Å²) in [6.07, 6.45) is 1.45. The molecule has 2 rings (SSSR count). The number of halogens is 1. The summed E-state index contributed by atoms with van der Waals surface area (Å²) < 4.78 is 1.52. The molecule has 0 saturated carbocycles. The minimum absolute atomic E-state index is 0.243. The molecule has 0 unspecified atom stereocenters. The number of nitrogens with zero attached hydrogens (tertiary/aromatic N) is 2. The Balaban J connectivity index is 2.45. The monoisotopic (exact) mass is 235 g/mol. The summed E-state index contributed by atoms with van der Waals surface area (Å²) in [6.45, 7) is 0. The van der Waals surface area contributed by atoms with Gasteiger partial charge in [-0.25, -0.2) is 4.68 Å². The summed E-state index contributed by atoms with van der Waals surface area (Å²) in [5.74, 6) is -0.243. The van der Waals surface area contributed by atoms with Gasteiger partial charge in [0.2, 0.25) is 0 Å². The lowest BCUT2D eigenvalue weighted by atomic mass is 10.3. The van der Waals surface area contributed by atoms with Crippen LogP contribution < -0.4 is 5.32 Å². The van der Waals surface area contributed by atoms with E-state index in [0.29, 0.717) is 10.7 Å². The Kier molecular flexibility index (Phi) is 2.92. The van der Waals surface area contributed by atoms with Crippen molar-refractivity contribution in [3.05, 3.63) is 47.2 Å². The number of hydrogen-bond acceptors (Lipinski definition) is 2. The molecular weight excluding hydrogens is 226 g/mol. The third-order valence-corrected chi connectivity index (χ3v) is 2.55. The number of carbonyl (C=O) groups excluding carboxylic acids is 1. The molecule has 1 N–H and O–H groups in total. The molecule has 0 radical (unpaired) electrons. The molecule has 0 bridgehead atoms. The van der Waals surface area contributed by atoms with Crippen LogP contribution in [0.1, 0.15) is 10.4 Å². The van der Waals surface area contributed by atoms with Gasteiger partial charge in [0.1, 0.15) is 5.15 Å². The first-order valence-corrected chi connectivity index (χ1v) is 5.13. The average molecular weight is 236 g/mol. The molecule has 2 aromatic rings. The summed E-state index contributed by atoms with van der Waals surface area (Å²) in [7, 11) is 1.55.